The van der Waals surface area contributed by atoms with Crippen LogP contribution in [0, 0.1) is 0 Å². The predicted molar refractivity (Wildman–Crippen MR) is 84.0 cm³/mol. The van der Waals surface area contributed by atoms with Gasteiger partial charge in [0.05, 0.1) is 11.3 Å². The molecule has 2 aromatic heterocycles. The molecule has 1 aliphatic rings. The highest BCUT2D eigenvalue weighted by Gasteiger charge is 2.31. The zero-order valence-electron chi connectivity index (χ0n) is 12.3. The van der Waals surface area contributed by atoms with Gasteiger partial charge in [-0.3, -0.25) is 0 Å². The monoisotopic (exact) mass is 328 g/mol. The Balaban J connectivity index is 1.75. The minimum atomic E-state index is -4.40. The first-order valence-electron chi connectivity index (χ1n) is 7.31. The molecule has 0 fully saturated rings. The third-order valence-electron chi connectivity index (χ3n) is 3.82. The van der Waals surface area contributed by atoms with Crippen molar-refractivity contribution in [3.8, 4) is 11.6 Å². The maximum absolute atomic E-state index is 12.8. The summed E-state index contributed by atoms with van der Waals surface area (Å²) in [7, 11) is 0. The molecule has 0 amide bonds. The van der Waals surface area contributed by atoms with Crippen LogP contribution in [0.25, 0.3) is 28.1 Å². The molecule has 0 N–H and O–H groups in total. The maximum Gasteiger partial charge on any atom is 0.416 e. The highest BCUT2D eigenvalue weighted by molar-refractivity contribution is 5.82. The van der Waals surface area contributed by atoms with Crippen LogP contribution >= 0.6 is 0 Å². The summed E-state index contributed by atoms with van der Waals surface area (Å²) in [6.45, 7) is 0. The molecule has 0 radical (unpaired) electrons. The van der Waals surface area contributed by atoms with Crippen molar-refractivity contribution in [3.63, 3.8) is 0 Å². The van der Waals surface area contributed by atoms with Gasteiger partial charge in [0, 0.05) is 11.6 Å². The smallest absolute Gasteiger partial charge is 0.416 e. The van der Waals surface area contributed by atoms with E-state index in [1.807, 2.05) is 18.2 Å². The van der Waals surface area contributed by atoms with E-state index in [2.05, 4.69) is 9.97 Å². The van der Waals surface area contributed by atoms with Crippen molar-refractivity contribution in [2.24, 2.45) is 0 Å². The molecule has 0 aliphatic heterocycles. The predicted octanol–water partition coefficient (Wildman–Crippen LogP) is 5.25. The standard InChI is InChI=1S/C18H11F3N2O/c19-18(20,21)13-6-5-12-9-16(24-15(12)10-13)17-22-8-7-14(23-17)11-3-1-2-4-11/h1-3,5-10H,4H2. The summed E-state index contributed by atoms with van der Waals surface area (Å²) in [4.78, 5) is 8.63. The number of halogens is 3. The van der Waals surface area contributed by atoms with Gasteiger partial charge in [0.2, 0.25) is 0 Å². The van der Waals surface area contributed by atoms with E-state index < -0.39 is 11.7 Å². The number of aromatic nitrogens is 2. The number of benzene rings is 1. The molecule has 0 atom stereocenters. The largest absolute Gasteiger partial charge is 0.453 e. The van der Waals surface area contributed by atoms with E-state index in [4.69, 9.17) is 4.42 Å². The summed E-state index contributed by atoms with van der Waals surface area (Å²) in [5.74, 6) is 0.697. The molecule has 0 saturated heterocycles. The Kier molecular flexibility index (Phi) is 3.26. The molecule has 2 heterocycles. The van der Waals surface area contributed by atoms with Gasteiger partial charge in [0.1, 0.15) is 5.58 Å². The summed E-state index contributed by atoms with van der Waals surface area (Å²) in [5.41, 5.74) is 1.26. The average molecular weight is 328 g/mol. The molecule has 1 aromatic carbocycles. The molecule has 3 nitrogen and oxygen atoms in total. The van der Waals surface area contributed by atoms with Gasteiger partial charge in [-0.05, 0) is 36.3 Å². The molecule has 6 heteroatoms. The summed E-state index contributed by atoms with van der Waals surface area (Å²) in [6.07, 6.45) is 3.96. The van der Waals surface area contributed by atoms with Crippen molar-refractivity contribution >= 4 is 16.5 Å². The van der Waals surface area contributed by atoms with Crippen molar-refractivity contribution in [2.75, 3.05) is 0 Å². The number of hydrogen-bond donors (Lipinski definition) is 0. The van der Waals surface area contributed by atoms with Gasteiger partial charge in [0.15, 0.2) is 11.6 Å². The second-order valence-electron chi connectivity index (χ2n) is 5.45. The first kappa shape index (κ1) is 14.7. The van der Waals surface area contributed by atoms with Crippen LogP contribution in [0.15, 0.2) is 59.2 Å². The lowest BCUT2D eigenvalue weighted by atomic mass is 10.1. The average Bonchev–Trinajstić information content (AvgIpc) is 3.23. The molecule has 0 spiro atoms. The minimum Gasteiger partial charge on any atom is -0.453 e. The first-order chi connectivity index (χ1) is 11.5. The van der Waals surface area contributed by atoms with Crippen LogP contribution in [0.3, 0.4) is 0 Å². The van der Waals surface area contributed by atoms with E-state index >= 15 is 0 Å². The maximum atomic E-state index is 12.8. The topological polar surface area (TPSA) is 38.9 Å². The zero-order chi connectivity index (χ0) is 16.7. The molecule has 120 valence electrons. The van der Waals surface area contributed by atoms with Crippen LogP contribution in [0.4, 0.5) is 13.2 Å². The van der Waals surface area contributed by atoms with Gasteiger partial charge in [-0.15, -0.1) is 0 Å². The summed E-state index contributed by atoms with van der Waals surface area (Å²) >= 11 is 0. The third-order valence-corrected chi connectivity index (χ3v) is 3.82. The van der Waals surface area contributed by atoms with E-state index in [0.717, 1.165) is 29.8 Å². The molecule has 24 heavy (non-hydrogen) atoms. The normalized spacial score (nSPS) is 14.4. The van der Waals surface area contributed by atoms with Crippen molar-refractivity contribution in [1.82, 2.24) is 9.97 Å². The van der Waals surface area contributed by atoms with Crippen LogP contribution in [0.1, 0.15) is 17.7 Å². The lowest BCUT2D eigenvalue weighted by Gasteiger charge is -2.05. The van der Waals surface area contributed by atoms with Gasteiger partial charge in [-0.1, -0.05) is 24.3 Å². The fourth-order valence-electron chi connectivity index (χ4n) is 2.61. The molecular weight excluding hydrogens is 317 g/mol. The molecule has 4 rings (SSSR count). The van der Waals surface area contributed by atoms with E-state index in [1.165, 1.54) is 6.07 Å². The van der Waals surface area contributed by atoms with E-state index in [0.29, 0.717) is 17.0 Å². The Labute approximate surface area is 135 Å². The minimum absolute atomic E-state index is 0.163. The molecular formula is C18H11F3N2O. The number of allylic oxidation sites excluding steroid dienone is 4. The SMILES string of the molecule is FC(F)(F)c1ccc2cc(-c3nccc(C4=CC=CC4)n3)oc2c1. The van der Waals surface area contributed by atoms with Gasteiger partial charge < -0.3 is 4.42 Å². The highest BCUT2D eigenvalue weighted by Crippen LogP contribution is 2.34. The van der Waals surface area contributed by atoms with Gasteiger partial charge >= 0.3 is 6.18 Å². The molecule has 1 aliphatic carbocycles. The summed E-state index contributed by atoms with van der Waals surface area (Å²) in [6, 6.07) is 6.86. The number of nitrogens with zero attached hydrogens (tertiary/aromatic N) is 2. The lowest BCUT2D eigenvalue weighted by molar-refractivity contribution is -0.137. The molecule has 0 unspecified atom stereocenters. The summed E-state index contributed by atoms with van der Waals surface area (Å²) in [5, 5.41) is 0.578. The van der Waals surface area contributed by atoms with E-state index in [9.17, 15) is 13.2 Å². The van der Waals surface area contributed by atoms with Crippen molar-refractivity contribution in [2.45, 2.75) is 12.6 Å². The highest BCUT2D eigenvalue weighted by atomic mass is 19.4. The quantitative estimate of drug-likeness (QED) is 0.645. The van der Waals surface area contributed by atoms with Crippen LogP contribution < -0.4 is 0 Å². The van der Waals surface area contributed by atoms with E-state index in [-0.39, 0.29) is 5.58 Å². The summed E-state index contributed by atoms with van der Waals surface area (Å²) < 4.78 is 43.9. The van der Waals surface area contributed by atoms with E-state index in [1.54, 1.807) is 18.3 Å². The number of furan rings is 1. The number of fused-ring (bicyclic) bond motifs is 1. The Morgan fingerprint density at radius 3 is 2.71 bits per heavy atom. The Morgan fingerprint density at radius 2 is 1.96 bits per heavy atom. The fraction of sp³-hybridized carbons (Fsp3) is 0.111. The molecule has 0 saturated carbocycles. The van der Waals surface area contributed by atoms with Gasteiger partial charge in [-0.25, -0.2) is 9.97 Å². The van der Waals surface area contributed by atoms with Crippen LogP contribution in [0.2, 0.25) is 0 Å². The molecule has 3 aromatic rings. The first-order valence-corrected chi connectivity index (χ1v) is 7.31. The van der Waals surface area contributed by atoms with Crippen LogP contribution in [0.5, 0.6) is 0 Å². The van der Waals surface area contributed by atoms with Crippen molar-refractivity contribution in [3.05, 3.63) is 66.0 Å². The zero-order valence-corrected chi connectivity index (χ0v) is 12.3. The number of alkyl halides is 3. The molecule has 0 bridgehead atoms. The number of rotatable bonds is 2. The second kappa shape index (κ2) is 5.33. The van der Waals surface area contributed by atoms with Crippen LogP contribution in [-0.4, -0.2) is 9.97 Å². The third kappa shape index (κ3) is 2.60. The Bertz CT molecular complexity index is 983. The Hall–Kier alpha value is -2.89. The van der Waals surface area contributed by atoms with Crippen molar-refractivity contribution in [1.29, 1.82) is 0 Å². The lowest BCUT2D eigenvalue weighted by Crippen LogP contribution is -2.03. The van der Waals surface area contributed by atoms with Gasteiger partial charge in [0.25, 0.3) is 0 Å². The van der Waals surface area contributed by atoms with Crippen LogP contribution in [-0.2, 0) is 6.18 Å². The second-order valence-corrected chi connectivity index (χ2v) is 5.45. The number of hydrogen-bond acceptors (Lipinski definition) is 3. The fourth-order valence-corrected chi connectivity index (χ4v) is 2.61. The van der Waals surface area contributed by atoms with Crippen molar-refractivity contribution < 1.29 is 17.6 Å². The van der Waals surface area contributed by atoms with Gasteiger partial charge in [-0.2, -0.15) is 13.2 Å². The Morgan fingerprint density at radius 1 is 1.08 bits per heavy atom.